The van der Waals surface area contributed by atoms with Gasteiger partial charge in [-0.05, 0) is 36.2 Å². The molecule has 2 aliphatic rings. The predicted octanol–water partition coefficient (Wildman–Crippen LogP) is 3.84. The number of halogens is 2. The van der Waals surface area contributed by atoms with Crippen LogP contribution in [0.25, 0.3) is 0 Å². The Morgan fingerprint density at radius 2 is 1.94 bits per heavy atom. The van der Waals surface area contributed by atoms with E-state index in [0.29, 0.717) is 23.2 Å². The van der Waals surface area contributed by atoms with Crippen molar-refractivity contribution in [2.24, 2.45) is 0 Å². The third kappa shape index (κ3) is 3.61. The first kappa shape index (κ1) is 20.5. The van der Waals surface area contributed by atoms with E-state index in [1.165, 1.54) is 6.07 Å². The van der Waals surface area contributed by atoms with Gasteiger partial charge in [-0.3, -0.25) is 19.4 Å². The highest BCUT2D eigenvalue weighted by Gasteiger charge is 2.35. The lowest BCUT2D eigenvalue weighted by Gasteiger charge is -2.25. The molecule has 0 spiro atoms. The van der Waals surface area contributed by atoms with Gasteiger partial charge in [-0.25, -0.2) is 0 Å². The molecule has 2 aromatic carbocycles. The van der Waals surface area contributed by atoms with Crippen molar-refractivity contribution in [2.45, 2.75) is 18.8 Å². The van der Waals surface area contributed by atoms with Crippen LogP contribution < -0.4 is 21.1 Å². The summed E-state index contributed by atoms with van der Waals surface area (Å²) in [6.45, 7) is 0.649. The molecular weight excluding hydrogens is 453 g/mol. The van der Waals surface area contributed by atoms with Gasteiger partial charge in [0.15, 0.2) is 0 Å². The van der Waals surface area contributed by atoms with Crippen molar-refractivity contribution in [2.75, 3.05) is 22.1 Å². The Hall–Kier alpha value is -3.36. The summed E-state index contributed by atoms with van der Waals surface area (Å²) in [5.74, 6) is -1.48. The molecule has 8 nitrogen and oxygen atoms in total. The lowest BCUT2D eigenvalue weighted by molar-refractivity contribution is -0.123. The molecule has 3 aromatic rings. The van der Waals surface area contributed by atoms with Gasteiger partial charge >= 0.3 is 0 Å². The number of H-pyrrole nitrogens is 1. The van der Waals surface area contributed by atoms with E-state index < -0.39 is 23.3 Å². The number of hydrogen-bond donors (Lipinski definition) is 3. The Morgan fingerprint density at radius 3 is 2.75 bits per heavy atom. The molecule has 1 unspecified atom stereocenters. The van der Waals surface area contributed by atoms with E-state index in [-0.39, 0.29) is 22.8 Å². The highest BCUT2D eigenvalue weighted by Crippen LogP contribution is 2.35. The maximum Gasteiger partial charge on any atom is 0.258 e. The van der Waals surface area contributed by atoms with Crippen LogP contribution in [0.3, 0.4) is 0 Å². The van der Waals surface area contributed by atoms with Crippen molar-refractivity contribution in [1.29, 1.82) is 0 Å². The lowest BCUT2D eigenvalue weighted by atomic mass is 9.92. The van der Waals surface area contributed by atoms with Crippen LogP contribution in [0.1, 0.15) is 23.5 Å². The number of carbonyl (C=O) groups is 2. The molecule has 32 heavy (non-hydrogen) atoms. The molecule has 0 aliphatic carbocycles. The van der Waals surface area contributed by atoms with Gasteiger partial charge in [0.2, 0.25) is 17.8 Å². The van der Waals surface area contributed by atoms with Crippen molar-refractivity contribution < 1.29 is 9.59 Å². The molecule has 0 saturated heterocycles. The number of rotatable bonds is 3. The number of carbonyl (C=O) groups excluding carboxylic acids is 2. The summed E-state index contributed by atoms with van der Waals surface area (Å²) in [6, 6.07) is 12.5. The number of para-hydroxylation sites is 1. The lowest BCUT2D eigenvalue weighted by Crippen LogP contribution is -2.37. The van der Waals surface area contributed by atoms with Gasteiger partial charge in [-0.1, -0.05) is 41.4 Å². The molecule has 1 atom stereocenters. The first-order chi connectivity index (χ1) is 15.4. The molecular formula is C22H17Cl2N5O3. The van der Waals surface area contributed by atoms with Crippen molar-refractivity contribution >= 4 is 58.2 Å². The molecule has 2 amide bonds. The van der Waals surface area contributed by atoms with Crippen LogP contribution in [0.5, 0.6) is 0 Å². The van der Waals surface area contributed by atoms with Crippen LogP contribution in [-0.2, 0) is 16.0 Å². The van der Waals surface area contributed by atoms with E-state index in [4.69, 9.17) is 23.2 Å². The number of benzene rings is 2. The molecule has 0 radical (unpaired) electrons. The largest absolute Gasteiger partial charge is 0.325 e. The minimum absolute atomic E-state index is 0.0960. The fraction of sp³-hybridized carbons (Fsp3) is 0.182. The Morgan fingerprint density at radius 1 is 1.12 bits per heavy atom. The van der Waals surface area contributed by atoms with Gasteiger partial charge in [0, 0.05) is 24.3 Å². The van der Waals surface area contributed by atoms with Crippen molar-refractivity contribution in [1.82, 2.24) is 9.97 Å². The number of hydrogen-bond acceptors (Lipinski definition) is 5. The molecule has 5 rings (SSSR count). The van der Waals surface area contributed by atoms with Gasteiger partial charge in [0.05, 0.1) is 21.5 Å². The summed E-state index contributed by atoms with van der Waals surface area (Å²) < 4.78 is 0. The topological polar surface area (TPSA) is 107 Å². The molecule has 3 heterocycles. The van der Waals surface area contributed by atoms with Crippen LogP contribution in [0.15, 0.2) is 47.3 Å². The molecule has 0 bridgehead atoms. The zero-order valence-electron chi connectivity index (χ0n) is 16.6. The Bertz CT molecular complexity index is 1320. The van der Waals surface area contributed by atoms with Crippen molar-refractivity contribution in [3.63, 3.8) is 0 Å². The number of anilines is 4. The average molecular weight is 470 g/mol. The highest BCUT2D eigenvalue weighted by atomic mass is 35.5. The Balaban J connectivity index is 1.49. The fourth-order valence-electron chi connectivity index (χ4n) is 4.07. The first-order valence-electron chi connectivity index (χ1n) is 9.96. The SMILES string of the molecule is O=C1CC(C(=O)Nc2ccc(Cl)c(Cl)c2)c2c(nc(N3CCc4ccccc43)[nH]c2=O)N1. The van der Waals surface area contributed by atoms with Crippen molar-refractivity contribution in [3.8, 4) is 0 Å². The average Bonchev–Trinajstić information content (AvgIpc) is 3.19. The second-order valence-electron chi connectivity index (χ2n) is 7.61. The van der Waals surface area contributed by atoms with E-state index in [9.17, 15) is 14.4 Å². The van der Waals surface area contributed by atoms with Crippen LogP contribution in [0.2, 0.25) is 10.0 Å². The van der Waals surface area contributed by atoms with Crippen LogP contribution >= 0.6 is 23.2 Å². The van der Waals surface area contributed by atoms with E-state index in [1.807, 2.05) is 29.2 Å². The summed E-state index contributed by atoms with van der Waals surface area (Å²) in [7, 11) is 0. The van der Waals surface area contributed by atoms with Crippen molar-refractivity contribution in [3.05, 3.63) is 74.0 Å². The molecule has 0 saturated carbocycles. The normalized spacial score (nSPS) is 16.9. The summed E-state index contributed by atoms with van der Waals surface area (Å²) in [4.78, 5) is 47.5. The molecule has 0 fully saturated rings. The number of nitrogens with one attached hydrogen (secondary N) is 3. The third-order valence-corrected chi connectivity index (χ3v) is 6.32. The smallest absolute Gasteiger partial charge is 0.258 e. The third-order valence-electron chi connectivity index (χ3n) is 5.59. The monoisotopic (exact) mass is 469 g/mol. The van der Waals surface area contributed by atoms with Gasteiger partial charge in [-0.2, -0.15) is 4.98 Å². The number of aromatic nitrogens is 2. The number of aromatic amines is 1. The summed E-state index contributed by atoms with van der Waals surface area (Å²) in [5.41, 5.74) is 2.16. The van der Waals surface area contributed by atoms with Crippen LogP contribution in [0, 0.1) is 0 Å². The predicted molar refractivity (Wildman–Crippen MR) is 123 cm³/mol. The highest BCUT2D eigenvalue weighted by molar-refractivity contribution is 6.42. The van der Waals surface area contributed by atoms with Crippen LogP contribution in [0.4, 0.5) is 23.1 Å². The van der Waals surface area contributed by atoms with Gasteiger partial charge in [0.1, 0.15) is 5.82 Å². The van der Waals surface area contributed by atoms with Crippen LogP contribution in [-0.4, -0.2) is 28.3 Å². The molecule has 1 aromatic heterocycles. The van der Waals surface area contributed by atoms with Gasteiger partial charge in [0.25, 0.3) is 5.56 Å². The molecule has 3 N–H and O–H groups in total. The summed E-state index contributed by atoms with van der Waals surface area (Å²) in [5, 5.41) is 5.97. The minimum atomic E-state index is -0.996. The first-order valence-corrected chi connectivity index (χ1v) is 10.7. The van der Waals surface area contributed by atoms with Gasteiger partial charge in [-0.15, -0.1) is 0 Å². The zero-order chi connectivity index (χ0) is 22.4. The second-order valence-corrected chi connectivity index (χ2v) is 8.42. The van der Waals surface area contributed by atoms with E-state index >= 15 is 0 Å². The quantitative estimate of drug-likeness (QED) is 0.540. The summed E-state index contributed by atoms with van der Waals surface area (Å²) in [6.07, 6.45) is 0.648. The summed E-state index contributed by atoms with van der Waals surface area (Å²) >= 11 is 11.9. The standard InChI is InChI=1S/C22H17Cl2N5O3/c23-14-6-5-12(9-15(14)24)25-20(31)13-10-17(30)26-19-18(13)21(32)28-22(27-19)29-8-7-11-3-1-2-4-16(11)29/h1-6,9,13H,7-8,10H2,(H,25,31)(H2,26,27,28,30,32). The Labute approximate surface area is 192 Å². The molecule has 162 valence electrons. The van der Waals surface area contributed by atoms with E-state index in [1.54, 1.807) is 12.1 Å². The minimum Gasteiger partial charge on any atom is -0.325 e. The number of fused-ring (bicyclic) bond motifs is 2. The zero-order valence-corrected chi connectivity index (χ0v) is 18.1. The van der Waals surface area contributed by atoms with Gasteiger partial charge < -0.3 is 15.5 Å². The van der Waals surface area contributed by atoms with E-state index in [2.05, 4.69) is 20.6 Å². The fourth-order valence-corrected chi connectivity index (χ4v) is 4.37. The molecule has 2 aliphatic heterocycles. The second kappa shape index (κ2) is 7.96. The number of amides is 2. The maximum atomic E-state index is 13.0. The number of nitrogens with zero attached hydrogens (tertiary/aromatic N) is 2. The maximum absolute atomic E-state index is 13.0. The Kier molecular flexibility index (Phi) is 5.11. The van der Waals surface area contributed by atoms with E-state index in [0.717, 1.165) is 17.7 Å². The molecule has 10 heteroatoms.